The smallest absolute Gasteiger partial charge is 0.224 e. The lowest BCUT2D eigenvalue weighted by molar-refractivity contribution is -0.133. The van der Waals surface area contributed by atoms with Gasteiger partial charge in [0.1, 0.15) is 17.5 Å². The van der Waals surface area contributed by atoms with Gasteiger partial charge in [-0.05, 0) is 37.1 Å². The van der Waals surface area contributed by atoms with Gasteiger partial charge in [0.05, 0.1) is 6.54 Å². The van der Waals surface area contributed by atoms with Crippen molar-refractivity contribution >= 4 is 5.91 Å². The molecule has 0 saturated heterocycles. The Labute approximate surface area is 138 Å². The molecule has 2 N–H and O–H groups in total. The fourth-order valence-electron chi connectivity index (χ4n) is 2.92. The SMILES string of the molecule is Cc1nnc2n1CCN(C(=O)C[C@H](N)Cc1cc(F)ccc1F)C2. The third kappa shape index (κ3) is 3.43. The summed E-state index contributed by atoms with van der Waals surface area (Å²) < 4.78 is 28.8. The van der Waals surface area contributed by atoms with Gasteiger partial charge in [0.25, 0.3) is 0 Å². The monoisotopic (exact) mass is 335 g/mol. The van der Waals surface area contributed by atoms with Crippen molar-refractivity contribution < 1.29 is 13.6 Å². The predicted octanol–water partition coefficient (Wildman–Crippen LogP) is 1.17. The van der Waals surface area contributed by atoms with Gasteiger partial charge in [0.2, 0.25) is 5.91 Å². The van der Waals surface area contributed by atoms with E-state index < -0.39 is 17.7 Å². The van der Waals surface area contributed by atoms with Crippen LogP contribution >= 0.6 is 0 Å². The predicted molar refractivity (Wildman–Crippen MR) is 82.8 cm³/mol. The normalized spacial score (nSPS) is 15.2. The van der Waals surface area contributed by atoms with Crippen LogP contribution in [0.1, 0.15) is 23.6 Å². The quantitative estimate of drug-likeness (QED) is 0.910. The van der Waals surface area contributed by atoms with Crippen LogP contribution < -0.4 is 5.73 Å². The number of halogens is 2. The first-order valence-corrected chi connectivity index (χ1v) is 7.80. The fraction of sp³-hybridized carbons (Fsp3) is 0.438. The summed E-state index contributed by atoms with van der Waals surface area (Å²) in [5, 5.41) is 8.05. The number of benzene rings is 1. The maximum Gasteiger partial charge on any atom is 0.224 e. The molecule has 1 aromatic heterocycles. The van der Waals surface area contributed by atoms with Gasteiger partial charge in [-0.1, -0.05) is 0 Å². The summed E-state index contributed by atoms with van der Waals surface area (Å²) in [6.45, 7) is 3.47. The number of rotatable bonds is 4. The molecule has 1 aliphatic rings. The van der Waals surface area contributed by atoms with E-state index in [-0.39, 0.29) is 24.3 Å². The number of nitrogens with two attached hydrogens (primary N) is 1. The zero-order valence-electron chi connectivity index (χ0n) is 13.4. The number of hydrogen-bond acceptors (Lipinski definition) is 4. The Morgan fingerprint density at radius 3 is 2.92 bits per heavy atom. The molecule has 6 nitrogen and oxygen atoms in total. The third-order valence-electron chi connectivity index (χ3n) is 4.22. The van der Waals surface area contributed by atoms with Crippen LogP contribution in [0.4, 0.5) is 8.78 Å². The van der Waals surface area contributed by atoms with Crippen molar-refractivity contribution in [2.45, 2.75) is 38.9 Å². The van der Waals surface area contributed by atoms with Crippen molar-refractivity contribution in [2.75, 3.05) is 6.54 Å². The molecule has 8 heteroatoms. The van der Waals surface area contributed by atoms with E-state index in [0.29, 0.717) is 19.6 Å². The van der Waals surface area contributed by atoms with E-state index in [9.17, 15) is 13.6 Å². The molecule has 0 unspecified atom stereocenters. The second kappa shape index (κ2) is 6.64. The lowest BCUT2D eigenvalue weighted by Crippen LogP contribution is -2.41. The second-order valence-electron chi connectivity index (χ2n) is 6.03. The lowest BCUT2D eigenvalue weighted by atomic mass is 10.0. The number of hydrogen-bond donors (Lipinski definition) is 1. The van der Waals surface area contributed by atoms with Crippen molar-refractivity contribution in [3.05, 3.63) is 47.0 Å². The highest BCUT2D eigenvalue weighted by Gasteiger charge is 2.24. The van der Waals surface area contributed by atoms with Crippen LogP contribution in [0, 0.1) is 18.6 Å². The van der Waals surface area contributed by atoms with Crippen LogP contribution in [0.2, 0.25) is 0 Å². The number of amides is 1. The molecule has 1 amide bonds. The number of nitrogens with zero attached hydrogens (tertiary/aromatic N) is 4. The van der Waals surface area contributed by atoms with Crippen molar-refractivity contribution in [1.29, 1.82) is 0 Å². The number of aromatic nitrogens is 3. The van der Waals surface area contributed by atoms with Crippen LogP contribution in [0.3, 0.4) is 0 Å². The zero-order chi connectivity index (χ0) is 17.3. The highest BCUT2D eigenvalue weighted by molar-refractivity contribution is 5.76. The Hall–Kier alpha value is -2.35. The van der Waals surface area contributed by atoms with Gasteiger partial charge in [-0.3, -0.25) is 4.79 Å². The number of fused-ring (bicyclic) bond motifs is 1. The number of carbonyl (C=O) groups excluding carboxylic acids is 1. The fourth-order valence-corrected chi connectivity index (χ4v) is 2.92. The van der Waals surface area contributed by atoms with Crippen LogP contribution in [-0.4, -0.2) is 38.2 Å². The van der Waals surface area contributed by atoms with Gasteiger partial charge < -0.3 is 15.2 Å². The van der Waals surface area contributed by atoms with Crippen molar-refractivity contribution in [1.82, 2.24) is 19.7 Å². The topological polar surface area (TPSA) is 77.0 Å². The van der Waals surface area contributed by atoms with E-state index in [1.54, 1.807) is 4.90 Å². The molecule has 3 rings (SSSR count). The standard InChI is InChI=1S/C16H19F2N5O/c1-10-20-21-15-9-22(4-5-23(10)15)16(24)8-13(19)7-11-6-12(17)2-3-14(11)18/h2-3,6,13H,4-5,7-9,19H2,1H3/t13-/m1/s1. The van der Waals surface area contributed by atoms with Crippen molar-refractivity contribution in [3.63, 3.8) is 0 Å². The van der Waals surface area contributed by atoms with E-state index in [0.717, 1.165) is 29.8 Å². The maximum atomic E-state index is 13.7. The maximum absolute atomic E-state index is 13.7. The van der Waals surface area contributed by atoms with Gasteiger partial charge >= 0.3 is 0 Å². The molecule has 1 aromatic carbocycles. The van der Waals surface area contributed by atoms with E-state index in [1.165, 1.54) is 0 Å². The summed E-state index contributed by atoms with van der Waals surface area (Å²) in [5.41, 5.74) is 6.15. The molecule has 1 atom stereocenters. The Bertz CT molecular complexity index is 761. The number of aryl methyl sites for hydroxylation is 1. The van der Waals surface area contributed by atoms with E-state index >= 15 is 0 Å². The average molecular weight is 335 g/mol. The Morgan fingerprint density at radius 1 is 1.33 bits per heavy atom. The highest BCUT2D eigenvalue weighted by Crippen LogP contribution is 2.16. The van der Waals surface area contributed by atoms with Gasteiger partial charge in [-0.25, -0.2) is 8.78 Å². The molecule has 0 spiro atoms. The molecule has 2 heterocycles. The third-order valence-corrected chi connectivity index (χ3v) is 4.22. The Morgan fingerprint density at radius 2 is 2.12 bits per heavy atom. The summed E-state index contributed by atoms with van der Waals surface area (Å²) >= 11 is 0. The summed E-state index contributed by atoms with van der Waals surface area (Å²) in [4.78, 5) is 14.1. The first-order valence-electron chi connectivity index (χ1n) is 7.80. The van der Waals surface area contributed by atoms with Crippen LogP contribution in [0.25, 0.3) is 0 Å². The highest BCUT2D eigenvalue weighted by atomic mass is 19.1. The molecule has 0 aliphatic carbocycles. The van der Waals surface area contributed by atoms with Gasteiger partial charge in [0.15, 0.2) is 5.82 Å². The molecule has 0 radical (unpaired) electrons. The van der Waals surface area contributed by atoms with Crippen LogP contribution in [0.15, 0.2) is 18.2 Å². The molecule has 2 aromatic rings. The van der Waals surface area contributed by atoms with Gasteiger partial charge in [-0.2, -0.15) is 0 Å². The molecule has 128 valence electrons. The molecule has 0 saturated carbocycles. The summed E-state index contributed by atoms with van der Waals surface area (Å²) in [6, 6.07) is 2.67. The Kier molecular flexibility index (Phi) is 4.57. The molecular weight excluding hydrogens is 316 g/mol. The van der Waals surface area contributed by atoms with Gasteiger partial charge in [0, 0.05) is 25.6 Å². The molecular formula is C16H19F2N5O. The van der Waals surface area contributed by atoms with E-state index in [2.05, 4.69) is 10.2 Å². The van der Waals surface area contributed by atoms with E-state index in [1.807, 2.05) is 11.5 Å². The Balaban J connectivity index is 1.59. The minimum Gasteiger partial charge on any atom is -0.333 e. The number of carbonyl (C=O) groups is 1. The zero-order valence-corrected chi connectivity index (χ0v) is 13.4. The van der Waals surface area contributed by atoms with E-state index in [4.69, 9.17) is 5.73 Å². The first-order chi connectivity index (χ1) is 11.4. The summed E-state index contributed by atoms with van der Waals surface area (Å²) in [5.74, 6) is 0.426. The molecule has 0 bridgehead atoms. The minimum atomic E-state index is -0.574. The van der Waals surface area contributed by atoms with Crippen LogP contribution in [-0.2, 0) is 24.3 Å². The summed E-state index contributed by atoms with van der Waals surface area (Å²) in [7, 11) is 0. The lowest BCUT2D eigenvalue weighted by Gasteiger charge is -2.28. The average Bonchev–Trinajstić information content (AvgIpc) is 2.91. The molecule has 0 fully saturated rings. The molecule has 24 heavy (non-hydrogen) atoms. The largest absolute Gasteiger partial charge is 0.333 e. The second-order valence-corrected chi connectivity index (χ2v) is 6.03. The minimum absolute atomic E-state index is 0.0725. The van der Waals surface area contributed by atoms with Crippen molar-refractivity contribution in [2.24, 2.45) is 5.73 Å². The van der Waals surface area contributed by atoms with Gasteiger partial charge in [-0.15, -0.1) is 10.2 Å². The molecule has 1 aliphatic heterocycles. The first kappa shape index (κ1) is 16.5. The van der Waals surface area contributed by atoms with Crippen molar-refractivity contribution in [3.8, 4) is 0 Å². The summed E-state index contributed by atoms with van der Waals surface area (Å²) in [6.07, 6.45) is 0.182. The van der Waals surface area contributed by atoms with Crippen LogP contribution in [0.5, 0.6) is 0 Å².